The molecule has 0 aliphatic heterocycles. The van der Waals surface area contributed by atoms with Crippen LogP contribution in [0.2, 0.25) is 0 Å². The Bertz CT molecular complexity index is 1040. The molecular formula is C25H30N2O4. The number of Topliss-reactive ketones (excluding diaryl/α,β-unsaturated/α-hetero) is 1. The van der Waals surface area contributed by atoms with Crippen LogP contribution in [0, 0.1) is 11.8 Å². The molecule has 3 unspecified atom stereocenters. The molecule has 0 saturated heterocycles. The molecule has 1 aromatic carbocycles. The summed E-state index contributed by atoms with van der Waals surface area (Å²) in [6, 6.07) is 7.16. The maximum absolute atomic E-state index is 12.4. The minimum Gasteiger partial charge on any atom is -0.504 e. The second-order valence-corrected chi connectivity index (χ2v) is 8.61. The lowest BCUT2D eigenvalue weighted by molar-refractivity contribution is -0.121. The van der Waals surface area contributed by atoms with Crippen LogP contribution in [-0.2, 0) is 17.9 Å². The van der Waals surface area contributed by atoms with Gasteiger partial charge in [0.1, 0.15) is 5.78 Å². The molecule has 0 amide bonds. The molecule has 3 N–H and O–H groups in total. The van der Waals surface area contributed by atoms with E-state index < -0.39 is 6.10 Å². The van der Waals surface area contributed by atoms with E-state index in [0.717, 1.165) is 29.3 Å². The zero-order valence-corrected chi connectivity index (χ0v) is 17.8. The van der Waals surface area contributed by atoms with Crippen molar-refractivity contribution >= 4 is 16.7 Å². The van der Waals surface area contributed by atoms with Crippen molar-refractivity contribution in [3.05, 3.63) is 60.6 Å². The highest BCUT2D eigenvalue weighted by Crippen LogP contribution is 2.29. The minimum absolute atomic E-state index is 0.0532. The van der Waals surface area contributed by atoms with Gasteiger partial charge in [-0.15, -0.1) is 0 Å². The number of aliphatic hydroxyl groups excluding tert-OH is 1. The highest BCUT2D eigenvalue weighted by molar-refractivity contribution is 5.79. The van der Waals surface area contributed by atoms with Crippen LogP contribution in [0.5, 0.6) is 11.5 Å². The average Bonchev–Trinajstić information content (AvgIpc) is 3.34. The van der Waals surface area contributed by atoms with Crippen molar-refractivity contribution in [2.24, 2.45) is 11.8 Å². The highest BCUT2D eigenvalue weighted by Gasteiger charge is 2.22. The molecule has 6 nitrogen and oxygen atoms in total. The van der Waals surface area contributed by atoms with E-state index in [0.29, 0.717) is 24.5 Å². The van der Waals surface area contributed by atoms with Crippen LogP contribution in [-0.4, -0.2) is 31.7 Å². The van der Waals surface area contributed by atoms with Crippen LogP contribution in [0.3, 0.4) is 0 Å². The van der Waals surface area contributed by atoms with Crippen LogP contribution in [0.1, 0.15) is 38.2 Å². The number of nitrogens with one attached hydrogen (secondary N) is 1. The first-order valence-electron chi connectivity index (χ1n) is 10.9. The fourth-order valence-corrected chi connectivity index (χ4v) is 4.12. The van der Waals surface area contributed by atoms with E-state index in [4.69, 9.17) is 4.74 Å². The first-order valence-corrected chi connectivity index (χ1v) is 10.9. The number of phenolic OH excluding ortho intramolecular Hbond substituents is 1. The van der Waals surface area contributed by atoms with E-state index >= 15 is 0 Å². The van der Waals surface area contributed by atoms with Crippen LogP contribution in [0.4, 0.5) is 0 Å². The SMILES string of the molecule is CC1C=CC(C(O)CC(=O)CCc2ccc(O)c(OCn3cc4cc[nH]c4c3)c2)CC1. The molecule has 2 aromatic heterocycles. The van der Waals surface area contributed by atoms with Crippen molar-refractivity contribution in [1.29, 1.82) is 0 Å². The molecule has 0 bridgehead atoms. The van der Waals surface area contributed by atoms with E-state index in [2.05, 4.69) is 24.1 Å². The van der Waals surface area contributed by atoms with Gasteiger partial charge in [0, 0.05) is 42.7 Å². The summed E-state index contributed by atoms with van der Waals surface area (Å²) >= 11 is 0. The summed E-state index contributed by atoms with van der Waals surface area (Å²) in [5.41, 5.74) is 1.95. The third-order valence-electron chi connectivity index (χ3n) is 6.07. The first kappa shape index (κ1) is 21.2. The molecule has 0 spiro atoms. The number of aromatic nitrogens is 2. The molecule has 3 atom stereocenters. The Labute approximate surface area is 182 Å². The van der Waals surface area contributed by atoms with E-state index in [9.17, 15) is 15.0 Å². The number of nitrogens with zero attached hydrogens (tertiary/aromatic N) is 1. The van der Waals surface area contributed by atoms with Crippen molar-refractivity contribution in [3.8, 4) is 11.5 Å². The molecule has 3 aromatic rings. The number of carbonyl (C=O) groups is 1. The fraction of sp³-hybridized carbons (Fsp3) is 0.400. The predicted molar refractivity (Wildman–Crippen MR) is 120 cm³/mol. The molecule has 0 fully saturated rings. The van der Waals surface area contributed by atoms with E-state index in [1.165, 1.54) is 0 Å². The number of ether oxygens (including phenoxy) is 1. The Hall–Kier alpha value is -2.99. The van der Waals surface area contributed by atoms with Crippen LogP contribution in [0.15, 0.2) is 55.0 Å². The third kappa shape index (κ3) is 5.39. The van der Waals surface area contributed by atoms with Gasteiger partial charge in [-0.25, -0.2) is 0 Å². The number of phenols is 1. The number of H-pyrrole nitrogens is 1. The van der Waals surface area contributed by atoms with Gasteiger partial charge in [-0.1, -0.05) is 25.1 Å². The summed E-state index contributed by atoms with van der Waals surface area (Å²) in [7, 11) is 0. The largest absolute Gasteiger partial charge is 0.504 e. The number of rotatable bonds is 9. The van der Waals surface area contributed by atoms with Crippen molar-refractivity contribution in [1.82, 2.24) is 9.55 Å². The summed E-state index contributed by atoms with van der Waals surface area (Å²) in [4.78, 5) is 15.5. The topological polar surface area (TPSA) is 87.5 Å². The Morgan fingerprint density at radius 3 is 2.90 bits per heavy atom. The molecule has 1 aliphatic carbocycles. The van der Waals surface area contributed by atoms with Gasteiger partial charge in [0.15, 0.2) is 18.2 Å². The van der Waals surface area contributed by atoms with Gasteiger partial charge in [0.05, 0.1) is 11.6 Å². The monoisotopic (exact) mass is 422 g/mol. The lowest BCUT2D eigenvalue weighted by Gasteiger charge is -2.24. The summed E-state index contributed by atoms with van der Waals surface area (Å²) in [6.45, 7) is 2.44. The fourth-order valence-electron chi connectivity index (χ4n) is 4.12. The number of benzene rings is 1. The second kappa shape index (κ2) is 9.43. The van der Waals surface area contributed by atoms with E-state index in [1.807, 2.05) is 29.2 Å². The molecular weight excluding hydrogens is 392 g/mol. The lowest BCUT2D eigenvalue weighted by Crippen LogP contribution is -2.24. The van der Waals surface area contributed by atoms with Crippen LogP contribution >= 0.6 is 0 Å². The summed E-state index contributed by atoms with van der Waals surface area (Å²) < 4.78 is 7.69. The first-order chi connectivity index (χ1) is 15.0. The zero-order valence-electron chi connectivity index (χ0n) is 17.8. The van der Waals surface area contributed by atoms with Crippen molar-refractivity contribution < 1.29 is 19.7 Å². The van der Waals surface area contributed by atoms with Gasteiger partial charge >= 0.3 is 0 Å². The number of hydrogen-bond donors (Lipinski definition) is 3. The van der Waals surface area contributed by atoms with Crippen molar-refractivity contribution in [3.63, 3.8) is 0 Å². The van der Waals surface area contributed by atoms with Crippen LogP contribution in [0.25, 0.3) is 10.9 Å². The maximum atomic E-state index is 12.4. The van der Waals surface area contributed by atoms with Gasteiger partial charge in [-0.3, -0.25) is 4.79 Å². The normalized spacial score (nSPS) is 19.5. The zero-order chi connectivity index (χ0) is 21.8. The number of fused-ring (bicyclic) bond motifs is 1. The predicted octanol–water partition coefficient (Wildman–Crippen LogP) is 4.57. The standard InChI is InChI=1S/C25H30N2O4/c1-17-2-6-19(7-3-17)24(30)13-21(28)8-4-18-5-9-23(29)25(12-18)31-16-27-14-20-10-11-26-22(20)15-27/h2,5-6,9-12,14-15,17,19,24,26,29-30H,3-4,7-8,13,16H2,1H3. The Morgan fingerprint density at radius 1 is 1.26 bits per heavy atom. The summed E-state index contributed by atoms with van der Waals surface area (Å²) in [5.74, 6) is 1.15. The van der Waals surface area contributed by atoms with Gasteiger partial charge in [0.2, 0.25) is 0 Å². The van der Waals surface area contributed by atoms with Gasteiger partial charge in [0.25, 0.3) is 0 Å². The quantitative estimate of drug-likeness (QED) is 0.441. The number of carbonyl (C=O) groups excluding carboxylic acids is 1. The smallest absolute Gasteiger partial charge is 0.165 e. The number of aryl methyl sites for hydroxylation is 1. The molecule has 31 heavy (non-hydrogen) atoms. The molecule has 6 heteroatoms. The number of aromatic hydroxyl groups is 1. The average molecular weight is 423 g/mol. The van der Waals surface area contributed by atoms with Crippen molar-refractivity contribution in [2.45, 2.75) is 51.9 Å². The number of aliphatic hydroxyl groups is 1. The number of hydrogen-bond acceptors (Lipinski definition) is 4. The molecule has 4 rings (SSSR count). The molecule has 2 heterocycles. The Balaban J connectivity index is 1.29. The minimum atomic E-state index is -0.609. The molecule has 0 radical (unpaired) electrons. The maximum Gasteiger partial charge on any atom is 0.165 e. The summed E-state index contributed by atoms with van der Waals surface area (Å²) in [5, 5.41) is 21.6. The van der Waals surface area contributed by atoms with Gasteiger partial charge < -0.3 is 24.5 Å². The third-order valence-corrected chi connectivity index (χ3v) is 6.07. The lowest BCUT2D eigenvalue weighted by atomic mass is 9.84. The number of ketones is 1. The van der Waals surface area contributed by atoms with E-state index in [1.54, 1.807) is 18.2 Å². The van der Waals surface area contributed by atoms with Gasteiger partial charge in [-0.2, -0.15) is 0 Å². The number of aromatic amines is 1. The summed E-state index contributed by atoms with van der Waals surface area (Å²) in [6.07, 6.45) is 12.5. The van der Waals surface area contributed by atoms with Crippen molar-refractivity contribution in [2.75, 3.05) is 0 Å². The second-order valence-electron chi connectivity index (χ2n) is 8.61. The molecule has 164 valence electrons. The molecule has 0 saturated carbocycles. The molecule has 1 aliphatic rings. The Kier molecular flexibility index (Phi) is 6.47. The Morgan fingerprint density at radius 2 is 2.13 bits per heavy atom. The van der Waals surface area contributed by atoms with Crippen LogP contribution < -0.4 is 4.74 Å². The number of allylic oxidation sites excluding steroid dienone is 1. The van der Waals surface area contributed by atoms with E-state index in [-0.39, 0.29) is 30.6 Å². The van der Waals surface area contributed by atoms with Gasteiger partial charge in [-0.05, 0) is 48.9 Å². The highest BCUT2D eigenvalue weighted by atomic mass is 16.5.